The van der Waals surface area contributed by atoms with Crippen molar-refractivity contribution >= 4 is 16.9 Å². The van der Waals surface area contributed by atoms with Gasteiger partial charge in [-0.1, -0.05) is 18.2 Å². The molecule has 3 aromatic rings. The highest BCUT2D eigenvalue weighted by atomic mass is 19.1. The molecule has 7 heteroatoms. The van der Waals surface area contributed by atoms with Crippen molar-refractivity contribution in [2.24, 2.45) is 0 Å². The van der Waals surface area contributed by atoms with Crippen LogP contribution < -0.4 is 4.90 Å². The van der Waals surface area contributed by atoms with E-state index in [0.29, 0.717) is 6.54 Å². The molecule has 0 bridgehead atoms. The van der Waals surface area contributed by atoms with Crippen LogP contribution in [-0.4, -0.2) is 51.2 Å². The monoisotopic (exact) mass is 326 g/mol. The molecular weight excluding hydrogens is 307 g/mol. The maximum Gasteiger partial charge on any atom is 0.160 e. The third-order valence-corrected chi connectivity index (χ3v) is 4.52. The number of aromatic nitrogens is 4. The van der Waals surface area contributed by atoms with Gasteiger partial charge in [0, 0.05) is 38.3 Å². The summed E-state index contributed by atoms with van der Waals surface area (Å²) in [5.74, 6) is 0.735. The maximum atomic E-state index is 13.8. The van der Waals surface area contributed by atoms with Crippen molar-refractivity contribution < 1.29 is 4.39 Å². The molecule has 3 heterocycles. The first-order valence-corrected chi connectivity index (χ1v) is 8.09. The van der Waals surface area contributed by atoms with Gasteiger partial charge in [0.1, 0.15) is 17.7 Å². The fourth-order valence-electron chi connectivity index (χ4n) is 3.16. The molecule has 4 rings (SSSR count). The number of hydrogen-bond donors (Lipinski definition) is 1. The number of aromatic amines is 1. The number of nitrogens with zero attached hydrogens (tertiary/aromatic N) is 5. The van der Waals surface area contributed by atoms with Crippen molar-refractivity contribution in [2.45, 2.75) is 13.5 Å². The Kier molecular flexibility index (Phi) is 3.86. The standard InChI is InChI=1S/C17H19FN6/c1-12-15-16(22-21-12)17(20-11-19-15)24-8-6-23(7-9-24)10-13-4-2-3-5-14(13)18/h2-5,11H,6-10H2,1H3,(H,21,22). The maximum absolute atomic E-state index is 13.8. The number of rotatable bonds is 3. The van der Waals surface area contributed by atoms with Gasteiger partial charge in [-0.05, 0) is 13.0 Å². The molecule has 1 aromatic carbocycles. The third-order valence-electron chi connectivity index (χ3n) is 4.52. The van der Waals surface area contributed by atoms with Gasteiger partial charge < -0.3 is 4.90 Å². The van der Waals surface area contributed by atoms with Crippen LogP contribution in [0, 0.1) is 12.7 Å². The quantitative estimate of drug-likeness (QED) is 0.799. The molecule has 1 saturated heterocycles. The molecule has 2 aromatic heterocycles. The summed E-state index contributed by atoms with van der Waals surface area (Å²) in [6.45, 7) is 6.01. The average Bonchev–Trinajstić information content (AvgIpc) is 2.99. The summed E-state index contributed by atoms with van der Waals surface area (Å²) in [6.07, 6.45) is 1.59. The highest BCUT2D eigenvalue weighted by Crippen LogP contribution is 2.23. The van der Waals surface area contributed by atoms with Crippen LogP contribution in [0.4, 0.5) is 10.2 Å². The van der Waals surface area contributed by atoms with Crippen molar-refractivity contribution in [1.82, 2.24) is 25.1 Å². The number of nitrogens with one attached hydrogen (secondary N) is 1. The van der Waals surface area contributed by atoms with Gasteiger partial charge in [0.2, 0.25) is 0 Å². The molecule has 1 fully saturated rings. The predicted molar refractivity (Wildman–Crippen MR) is 90.3 cm³/mol. The first-order chi connectivity index (χ1) is 11.7. The van der Waals surface area contributed by atoms with E-state index in [-0.39, 0.29) is 5.82 Å². The van der Waals surface area contributed by atoms with Crippen molar-refractivity contribution in [3.05, 3.63) is 47.7 Å². The number of halogens is 1. The Morgan fingerprint density at radius 3 is 2.67 bits per heavy atom. The van der Waals surface area contributed by atoms with Gasteiger partial charge in [-0.15, -0.1) is 0 Å². The molecule has 1 N–H and O–H groups in total. The van der Waals surface area contributed by atoms with Crippen LogP contribution in [0.3, 0.4) is 0 Å². The Labute approximate surface area is 139 Å². The van der Waals surface area contributed by atoms with Gasteiger partial charge >= 0.3 is 0 Å². The normalized spacial score (nSPS) is 16.0. The van der Waals surface area contributed by atoms with E-state index in [1.807, 2.05) is 19.1 Å². The Morgan fingerprint density at radius 1 is 1.08 bits per heavy atom. The van der Waals surface area contributed by atoms with E-state index in [1.165, 1.54) is 6.07 Å². The zero-order chi connectivity index (χ0) is 16.5. The second-order valence-electron chi connectivity index (χ2n) is 6.10. The first kappa shape index (κ1) is 15.0. The second-order valence-corrected chi connectivity index (χ2v) is 6.10. The topological polar surface area (TPSA) is 60.9 Å². The zero-order valence-electron chi connectivity index (χ0n) is 13.5. The number of hydrogen-bond acceptors (Lipinski definition) is 5. The van der Waals surface area contributed by atoms with Crippen molar-refractivity contribution in [2.75, 3.05) is 31.1 Å². The molecule has 6 nitrogen and oxygen atoms in total. The molecule has 24 heavy (non-hydrogen) atoms. The summed E-state index contributed by atoms with van der Waals surface area (Å²) in [7, 11) is 0. The number of anilines is 1. The zero-order valence-corrected chi connectivity index (χ0v) is 13.5. The van der Waals surface area contributed by atoms with Gasteiger partial charge in [-0.25, -0.2) is 14.4 Å². The number of fused-ring (bicyclic) bond motifs is 1. The molecule has 1 aliphatic rings. The highest BCUT2D eigenvalue weighted by Gasteiger charge is 2.22. The molecule has 0 aliphatic carbocycles. The van der Waals surface area contributed by atoms with Crippen LogP contribution in [0.1, 0.15) is 11.3 Å². The van der Waals surface area contributed by atoms with Gasteiger partial charge in [-0.2, -0.15) is 5.10 Å². The largest absolute Gasteiger partial charge is 0.352 e. The Hall–Kier alpha value is -2.54. The van der Waals surface area contributed by atoms with Crippen LogP contribution in [0.5, 0.6) is 0 Å². The van der Waals surface area contributed by atoms with E-state index >= 15 is 0 Å². The van der Waals surface area contributed by atoms with Crippen LogP contribution in [0.25, 0.3) is 11.0 Å². The van der Waals surface area contributed by atoms with Crippen molar-refractivity contribution in [1.29, 1.82) is 0 Å². The second kappa shape index (κ2) is 6.16. The number of H-pyrrole nitrogens is 1. The molecular formula is C17H19FN6. The minimum Gasteiger partial charge on any atom is -0.352 e. The highest BCUT2D eigenvalue weighted by molar-refractivity contribution is 5.86. The summed E-state index contributed by atoms with van der Waals surface area (Å²) in [5, 5.41) is 7.31. The van der Waals surface area contributed by atoms with E-state index in [2.05, 4.69) is 30.0 Å². The van der Waals surface area contributed by atoms with Crippen LogP contribution in [-0.2, 0) is 6.54 Å². The van der Waals surface area contributed by atoms with Gasteiger partial charge in [0.15, 0.2) is 11.3 Å². The molecule has 0 unspecified atom stereocenters. The minimum atomic E-state index is -0.135. The van der Waals surface area contributed by atoms with Crippen LogP contribution in [0.2, 0.25) is 0 Å². The summed E-state index contributed by atoms with van der Waals surface area (Å²) in [6, 6.07) is 6.97. The molecule has 0 atom stereocenters. The van der Waals surface area contributed by atoms with Gasteiger partial charge in [0.25, 0.3) is 0 Å². The fourth-order valence-corrected chi connectivity index (χ4v) is 3.16. The molecule has 0 saturated carbocycles. The minimum absolute atomic E-state index is 0.135. The summed E-state index contributed by atoms with van der Waals surface area (Å²) in [4.78, 5) is 13.2. The Bertz CT molecular complexity index is 853. The lowest BCUT2D eigenvalue weighted by Crippen LogP contribution is -2.46. The number of benzene rings is 1. The first-order valence-electron chi connectivity index (χ1n) is 8.09. The fraction of sp³-hybridized carbons (Fsp3) is 0.353. The van der Waals surface area contributed by atoms with E-state index in [0.717, 1.165) is 54.3 Å². The van der Waals surface area contributed by atoms with Crippen molar-refractivity contribution in [3.63, 3.8) is 0 Å². The number of piperazine rings is 1. The SMILES string of the molecule is Cc1[nH]nc2c(N3CCN(Cc4ccccc4F)CC3)ncnc12. The van der Waals surface area contributed by atoms with Crippen molar-refractivity contribution in [3.8, 4) is 0 Å². The smallest absolute Gasteiger partial charge is 0.160 e. The average molecular weight is 326 g/mol. The lowest BCUT2D eigenvalue weighted by molar-refractivity contribution is 0.246. The molecule has 0 radical (unpaired) electrons. The van der Waals surface area contributed by atoms with Gasteiger partial charge in [-0.3, -0.25) is 10.00 Å². The lowest BCUT2D eigenvalue weighted by atomic mass is 10.2. The van der Waals surface area contributed by atoms with Crippen LogP contribution in [0.15, 0.2) is 30.6 Å². The molecule has 1 aliphatic heterocycles. The Morgan fingerprint density at radius 2 is 1.88 bits per heavy atom. The van der Waals surface area contributed by atoms with E-state index in [1.54, 1.807) is 12.4 Å². The lowest BCUT2D eigenvalue weighted by Gasteiger charge is -2.35. The van der Waals surface area contributed by atoms with E-state index in [4.69, 9.17) is 0 Å². The van der Waals surface area contributed by atoms with Crippen LogP contribution >= 0.6 is 0 Å². The predicted octanol–water partition coefficient (Wildman–Crippen LogP) is 2.12. The van der Waals surface area contributed by atoms with Gasteiger partial charge in [0.05, 0.1) is 5.69 Å². The summed E-state index contributed by atoms with van der Waals surface area (Å²) < 4.78 is 13.8. The third kappa shape index (κ3) is 2.71. The Balaban J connectivity index is 1.47. The summed E-state index contributed by atoms with van der Waals surface area (Å²) in [5.41, 5.74) is 3.39. The molecule has 0 amide bonds. The summed E-state index contributed by atoms with van der Waals surface area (Å²) >= 11 is 0. The van der Waals surface area contributed by atoms with E-state index in [9.17, 15) is 4.39 Å². The van der Waals surface area contributed by atoms with E-state index < -0.39 is 0 Å². The molecule has 0 spiro atoms. The number of aryl methyl sites for hydroxylation is 1. The molecule has 124 valence electrons.